The molecule has 3 nitrogen and oxygen atoms in total. The summed E-state index contributed by atoms with van der Waals surface area (Å²) in [6.45, 7) is 2.17. The number of aliphatic imine (C=N–C) groups is 1. The molecule has 0 spiro atoms. The van der Waals surface area contributed by atoms with Gasteiger partial charge in [0.05, 0.1) is 0 Å². The zero-order chi connectivity index (χ0) is 20.2. The predicted octanol–water partition coefficient (Wildman–Crippen LogP) is 5.90. The molecule has 2 N–H and O–H groups in total. The van der Waals surface area contributed by atoms with Crippen molar-refractivity contribution in [2.75, 3.05) is 6.26 Å². The van der Waals surface area contributed by atoms with E-state index in [4.69, 9.17) is 4.99 Å². The van der Waals surface area contributed by atoms with Gasteiger partial charge < -0.3 is 5.11 Å². The van der Waals surface area contributed by atoms with E-state index >= 15 is 0 Å². The SMILES string of the molecule is CCc1ccc(C2=N[C@H](c3ccc(SC)cc3)N[C@@H](c3ccccc3O)C2)cc1. The summed E-state index contributed by atoms with van der Waals surface area (Å²) in [4.78, 5) is 6.29. The van der Waals surface area contributed by atoms with Crippen molar-refractivity contribution in [2.24, 2.45) is 4.99 Å². The normalized spacial score (nSPS) is 19.0. The summed E-state index contributed by atoms with van der Waals surface area (Å²) < 4.78 is 0. The van der Waals surface area contributed by atoms with Crippen molar-refractivity contribution < 1.29 is 5.11 Å². The molecular formula is C25H26N2OS. The first kappa shape index (κ1) is 19.7. The number of phenolic OH excluding ortho intramolecular Hbond substituents is 1. The summed E-state index contributed by atoms with van der Waals surface area (Å²) in [5.41, 5.74) is 5.58. The van der Waals surface area contributed by atoms with Crippen molar-refractivity contribution in [1.82, 2.24) is 5.32 Å². The molecular weight excluding hydrogens is 376 g/mol. The van der Waals surface area contributed by atoms with Crippen LogP contribution in [-0.2, 0) is 6.42 Å². The lowest BCUT2D eigenvalue weighted by atomic mass is 9.93. The van der Waals surface area contributed by atoms with Crippen LogP contribution in [0.5, 0.6) is 5.75 Å². The third-order valence-electron chi connectivity index (χ3n) is 5.48. The van der Waals surface area contributed by atoms with Gasteiger partial charge in [-0.2, -0.15) is 0 Å². The largest absolute Gasteiger partial charge is 0.508 e. The van der Waals surface area contributed by atoms with Gasteiger partial charge in [-0.15, -0.1) is 11.8 Å². The molecule has 4 rings (SSSR count). The molecule has 1 aliphatic rings. The van der Waals surface area contributed by atoms with Crippen LogP contribution < -0.4 is 5.32 Å². The second-order valence-corrected chi connectivity index (χ2v) is 8.16. The van der Waals surface area contributed by atoms with E-state index in [-0.39, 0.29) is 12.2 Å². The van der Waals surface area contributed by atoms with Crippen molar-refractivity contribution in [3.63, 3.8) is 0 Å². The molecule has 148 valence electrons. The highest BCUT2D eigenvalue weighted by molar-refractivity contribution is 7.98. The van der Waals surface area contributed by atoms with E-state index in [9.17, 15) is 5.11 Å². The molecule has 0 bridgehead atoms. The molecule has 1 heterocycles. The quantitative estimate of drug-likeness (QED) is 0.522. The van der Waals surface area contributed by atoms with Gasteiger partial charge in [0, 0.05) is 28.6 Å². The van der Waals surface area contributed by atoms with Crippen LogP contribution >= 0.6 is 11.8 Å². The third kappa shape index (κ3) is 4.39. The van der Waals surface area contributed by atoms with Gasteiger partial charge in [0.15, 0.2) is 0 Å². The van der Waals surface area contributed by atoms with Crippen molar-refractivity contribution >= 4 is 17.5 Å². The number of nitrogens with one attached hydrogen (secondary N) is 1. The van der Waals surface area contributed by atoms with Gasteiger partial charge in [0.1, 0.15) is 11.9 Å². The summed E-state index contributed by atoms with van der Waals surface area (Å²) in [6, 6.07) is 24.8. The lowest BCUT2D eigenvalue weighted by Gasteiger charge is -2.31. The Morgan fingerprint density at radius 2 is 1.72 bits per heavy atom. The number of nitrogens with zero attached hydrogens (tertiary/aromatic N) is 1. The van der Waals surface area contributed by atoms with Crippen LogP contribution in [0.25, 0.3) is 0 Å². The number of aryl methyl sites for hydroxylation is 1. The molecule has 0 saturated carbocycles. The fraction of sp³-hybridized carbons (Fsp3) is 0.240. The molecule has 3 aromatic rings. The number of thioether (sulfide) groups is 1. The summed E-state index contributed by atoms with van der Waals surface area (Å²) in [6.07, 6.45) is 3.70. The summed E-state index contributed by atoms with van der Waals surface area (Å²) in [5, 5.41) is 14.1. The lowest BCUT2D eigenvalue weighted by molar-refractivity contribution is 0.412. The van der Waals surface area contributed by atoms with Crippen molar-refractivity contribution in [3.05, 3.63) is 95.1 Å². The molecule has 0 saturated heterocycles. The molecule has 0 unspecified atom stereocenters. The maximum absolute atomic E-state index is 10.4. The molecule has 0 aliphatic carbocycles. The Morgan fingerprint density at radius 1 is 1.00 bits per heavy atom. The number of para-hydroxylation sites is 1. The highest BCUT2D eigenvalue weighted by Crippen LogP contribution is 2.34. The molecule has 29 heavy (non-hydrogen) atoms. The minimum Gasteiger partial charge on any atom is -0.508 e. The van der Waals surface area contributed by atoms with Crippen molar-refractivity contribution in [1.29, 1.82) is 0 Å². The highest BCUT2D eigenvalue weighted by atomic mass is 32.2. The topological polar surface area (TPSA) is 44.6 Å². The standard InChI is InChI=1S/C25H26N2OS/c1-3-17-8-10-18(11-9-17)22-16-23(21-6-4-5-7-24(21)28)27-25(26-22)19-12-14-20(29-2)15-13-19/h4-15,23,25,27-28H,3,16H2,1-2H3/t23-,25+/m1/s1. The zero-order valence-corrected chi connectivity index (χ0v) is 17.6. The average Bonchev–Trinajstić information content (AvgIpc) is 2.79. The van der Waals surface area contributed by atoms with Crippen molar-refractivity contribution in [3.8, 4) is 5.75 Å². The van der Waals surface area contributed by atoms with Crippen LogP contribution in [0.3, 0.4) is 0 Å². The number of rotatable bonds is 5. The summed E-state index contributed by atoms with van der Waals surface area (Å²) >= 11 is 1.74. The van der Waals surface area contributed by atoms with E-state index < -0.39 is 0 Å². The zero-order valence-electron chi connectivity index (χ0n) is 16.8. The Bertz CT molecular complexity index is 996. The number of benzene rings is 3. The molecule has 4 heteroatoms. The van der Waals surface area contributed by atoms with E-state index in [1.807, 2.05) is 18.2 Å². The third-order valence-corrected chi connectivity index (χ3v) is 6.22. The van der Waals surface area contributed by atoms with E-state index in [0.29, 0.717) is 5.75 Å². The van der Waals surface area contributed by atoms with Crippen LogP contribution in [0, 0.1) is 0 Å². The molecule has 2 atom stereocenters. The van der Waals surface area contributed by atoms with Crippen LogP contribution in [0.15, 0.2) is 82.7 Å². The Balaban J connectivity index is 1.72. The van der Waals surface area contributed by atoms with Crippen molar-refractivity contribution in [2.45, 2.75) is 36.9 Å². The van der Waals surface area contributed by atoms with Gasteiger partial charge in [-0.1, -0.05) is 61.5 Å². The molecule has 0 radical (unpaired) electrons. The number of hydrogen-bond acceptors (Lipinski definition) is 4. The predicted molar refractivity (Wildman–Crippen MR) is 122 cm³/mol. The van der Waals surface area contributed by atoms with Crippen LogP contribution in [-0.4, -0.2) is 17.1 Å². The summed E-state index contributed by atoms with van der Waals surface area (Å²) in [7, 11) is 0. The molecule has 1 aliphatic heterocycles. The number of hydrogen-bond donors (Lipinski definition) is 2. The van der Waals surface area contributed by atoms with E-state index in [1.165, 1.54) is 10.5 Å². The maximum atomic E-state index is 10.4. The Hall–Kier alpha value is -2.56. The number of aromatic hydroxyl groups is 1. The maximum Gasteiger partial charge on any atom is 0.126 e. The fourth-order valence-corrected chi connectivity index (χ4v) is 4.16. The Labute approximate surface area is 176 Å². The fourth-order valence-electron chi connectivity index (χ4n) is 3.75. The highest BCUT2D eigenvalue weighted by Gasteiger charge is 2.27. The van der Waals surface area contributed by atoms with E-state index in [0.717, 1.165) is 35.2 Å². The van der Waals surface area contributed by atoms with Gasteiger partial charge in [0.25, 0.3) is 0 Å². The first-order chi connectivity index (χ1) is 14.2. The molecule has 0 fully saturated rings. The van der Waals surface area contributed by atoms with Crippen LogP contribution in [0.2, 0.25) is 0 Å². The average molecular weight is 403 g/mol. The monoisotopic (exact) mass is 402 g/mol. The molecule has 0 amide bonds. The lowest BCUT2D eigenvalue weighted by Crippen LogP contribution is -2.33. The van der Waals surface area contributed by atoms with E-state index in [2.05, 4.69) is 67.0 Å². The van der Waals surface area contributed by atoms with Gasteiger partial charge >= 0.3 is 0 Å². The van der Waals surface area contributed by atoms with Crippen LogP contribution in [0.1, 0.15) is 47.8 Å². The second-order valence-electron chi connectivity index (χ2n) is 7.28. The molecule has 0 aromatic heterocycles. The van der Waals surface area contributed by atoms with E-state index in [1.54, 1.807) is 17.8 Å². The molecule has 3 aromatic carbocycles. The van der Waals surface area contributed by atoms with Gasteiger partial charge in [-0.3, -0.25) is 10.3 Å². The van der Waals surface area contributed by atoms with Gasteiger partial charge in [0.2, 0.25) is 0 Å². The van der Waals surface area contributed by atoms with Crippen LogP contribution in [0.4, 0.5) is 0 Å². The smallest absolute Gasteiger partial charge is 0.126 e. The minimum absolute atomic E-state index is 0.000205. The Morgan fingerprint density at radius 3 is 2.38 bits per heavy atom. The Kier molecular flexibility index (Phi) is 6.02. The number of phenols is 1. The second kappa shape index (κ2) is 8.85. The first-order valence-electron chi connectivity index (χ1n) is 10.0. The first-order valence-corrected chi connectivity index (χ1v) is 11.2. The summed E-state index contributed by atoms with van der Waals surface area (Å²) in [5.74, 6) is 0.323. The van der Waals surface area contributed by atoms with Gasteiger partial charge in [-0.25, -0.2) is 0 Å². The van der Waals surface area contributed by atoms with Gasteiger partial charge in [-0.05, 0) is 47.6 Å². The minimum atomic E-state index is -0.148.